The molecule has 0 bridgehead atoms. The number of hydrogen-bond acceptors (Lipinski definition) is 7. The molecule has 2 heterocycles. The molecule has 2 fully saturated rings. The lowest BCUT2D eigenvalue weighted by Gasteiger charge is -2.31. The predicted molar refractivity (Wildman–Crippen MR) is 112 cm³/mol. The maximum absolute atomic E-state index is 13.0. The van der Waals surface area contributed by atoms with Crippen molar-refractivity contribution in [3.05, 3.63) is 17.7 Å². The second-order valence-electron chi connectivity index (χ2n) is 7.78. The summed E-state index contributed by atoms with van der Waals surface area (Å²) in [6, 6.07) is 2.78. The van der Waals surface area contributed by atoms with E-state index in [9.17, 15) is 18.3 Å². The highest BCUT2D eigenvalue weighted by atomic mass is 32.2. The molecule has 1 aliphatic carbocycles. The van der Waals surface area contributed by atoms with Crippen molar-refractivity contribution in [2.75, 3.05) is 69.4 Å². The lowest BCUT2D eigenvalue weighted by molar-refractivity contribution is 0.0696. The smallest absolute Gasteiger partial charge is 0.335 e. The minimum Gasteiger partial charge on any atom is -0.478 e. The van der Waals surface area contributed by atoms with Gasteiger partial charge in [0.25, 0.3) is 0 Å². The zero-order chi connectivity index (χ0) is 21.9. The average Bonchev–Trinajstić information content (AvgIpc) is 3.45. The van der Waals surface area contributed by atoms with Gasteiger partial charge in [0.2, 0.25) is 0 Å². The number of aromatic carboxylic acids is 1. The van der Waals surface area contributed by atoms with Gasteiger partial charge in [-0.05, 0) is 30.4 Å². The minimum absolute atomic E-state index is 0.00899. The Balaban J connectivity index is 1.93. The van der Waals surface area contributed by atoms with Crippen molar-refractivity contribution < 1.29 is 27.8 Å². The summed E-state index contributed by atoms with van der Waals surface area (Å²) in [6.45, 7) is 5.03. The van der Waals surface area contributed by atoms with Crippen LogP contribution in [-0.2, 0) is 19.7 Å². The molecule has 30 heavy (non-hydrogen) atoms. The third-order valence-corrected chi connectivity index (χ3v) is 7.53. The van der Waals surface area contributed by atoms with Gasteiger partial charge in [-0.1, -0.05) is 6.92 Å². The van der Waals surface area contributed by atoms with Crippen molar-refractivity contribution in [1.29, 1.82) is 0 Å². The normalized spacial score (nSPS) is 22.0. The van der Waals surface area contributed by atoms with E-state index in [2.05, 4.69) is 11.9 Å². The van der Waals surface area contributed by atoms with E-state index < -0.39 is 16.2 Å². The van der Waals surface area contributed by atoms with Gasteiger partial charge >= 0.3 is 16.2 Å². The van der Waals surface area contributed by atoms with Gasteiger partial charge in [0.1, 0.15) is 11.6 Å². The highest BCUT2D eigenvalue weighted by Gasteiger charge is 2.35. The number of morpholine rings is 1. The molecule has 1 aliphatic heterocycles. The van der Waals surface area contributed by atoms with Crippen molar-refractivity contribution in [2.24, 2.45) is 11.8 Å². The summed E-state index contributed by atoms with van der Waals surface area (Å²) in [5, 5.41) is 9.60. The Morgan fingerprint density at radius 2 is 1.97 bits per heavy atom. The number of hydrogen-bond donors (Lipinski definition) is 1. The van der Waals surface area contributed by atoms with E-state index in [0.717, 1.165) is 17.3 Å². The maximum atomic E-state index is 13.0. The molecule has 2 unspecified atom stereocenters. The lowest BCUT2D eigenvalue weighted by atomic mass is 10.2. The Morgan fingerprint density at radius 1 is 1.33 bits per heavy atom. The molecular weight excluding hydrogens is 412 g/mol. The van der Waals surface area contributed by atoms with Gasteiger partial charge in [-0.2, -0.15) is 12.7 Å². The Hall–Kier alpha value is -1.95. The molecule has 3 rings (SSSR count). The van der Waals surface area contributed by atoms with Crippen LogP contribution in [0.1, 0.15) is 23.7 Å². The van der Waals surface area contributed by atoms with Gasteiger partial charge in [0.15, 0.2) is 0 Å². The summed E-state index contributed by atoms with van der Waals surface area (Å²) in [5.41, 5.74) is -0.00899. The number of nitrogens with zero attached hydrogens (tertiary/aromatic N) is 4. The second-order valence-corrected chi connectivity index (χ2v) is 9.74. The molecular formula is C19H30N4O6S. The molecule has 1 saturated heterocycles. The third-order valence-electron chi connectivity index (χ3n) is 5.63. The minimum atomic E-state index is -3.85. The van der Waals surface area contributed by atoms with Crippen molar-refractivity contribution in [3.8, 4) is 0 Å². The highest BCUT2D eigenvalue weighted by Crippen LogP contribution is 2.39. The molecule has 2 atom stereocenters. The maximum Gasteiger partial charge on any atom is 0.335 e. The molecule has 168 valence electrons. The number of carbonyl (C=O) groups is 1. The standard InChI is InChI=1S/C19H30N4O6S/c1-14-10-16(14)13-22(4-7-28-3)18-12-15(19(24)25)11-17(20-18)21(2)30(26,27)23-5-8-29-9-6-23/h11-12,14,16H,4-10,13H2,1-3H3,(H,24,25). The van der Waals surface area contributed by atoms with E-state index in [1.165, 1.54) is 23.5 Å². The first-order valence-electron chi connectivity index (χ1n) is 10.0. The van der Waals surface area contributed by atoms with Gasteiger partial charge in [0.05, 0.1) is 25.4 Å². The monoisotopic (exact) mass is 442 g/mol. The number of methoxy groups -OCH3 is 1. The van der Waals surface area contributed by atoms with Crippen molar-refractivity contribution in [2.45, 2.75) is 13.3 Å². The zero-order valence-electron chi connectivity index (χ0n) is 17.7. The molecule has 1 aromatic rings. The fraction of sp³-hybridized carbons (Fsp3) is 0.684. The Morgan fingerprint density at radius 3 is 2.53 bits per heavy atom. The van der Waals surface area contributed by atoms with Crippen molar-refractivity contribution in [3.63, 3.8) is 0 Å². The summed E-state index contributed by atoms with van der Waals surface area (Å²) < 4.78 is 38.9. The van der Waals surface area contributed by atoms with Gasteiger partial charge in [-0.25, -0.2) is 14.1 Å². The molecule has 2 aliphatic rings. The molecule has 0 amide bonds. The van der Waals surface area contributed by atoms with E-state index in [0.29, 0.717) is 44.0 Å². The fourth-order valence-corrected chi connectivity index (χ4v) is 4.74. The number of rotatable bonds is 10. The summed E-state index contributed by atoms with van der Waals surface area (Å²) in [4.78, 5) is 18.2. The van der Waals surface area contributed by atoms with Crippen molar-refractivity contribution in [1.82, 2.24) is 9.29 Å². The van der Waals surface area contributed by atoms with Crippen LogP contribution in [-0.4, -0.2) is 88.9 Å². The van der Waals surface area contributed by atoms with Gasteiger partial charge in [0, 0.05) is 40.3 Å². The Labute approximate surface area is 177 Å². The molecule has 11 heteroatoms. The third kappa shape index (κ3) is 5.20. The molecule has 0 radical (unpaired) electrons. The molecule has 10 nitrogen and oxygen atoms in total. The largest absolute Gasteiger partial charge is 0.478 e. The van der Waals surface area contributed by atoms with Crippen LogP contribution in [0.3, 0.4) is 0 Å². The van der Waals surface area contributed by atoms with Gasteiger partial charge in [-0.15, -0.1) is 0 Å². The van der Waals surface area contributed by atoms with Crippen LogP contribution in [0.5, 0.6) is 0 Å². The lowest BCUT2D eigenvalue weighted by Crippen LogP contribution is -2.47. The molecule has 1 N–H and O–H groups in total. The number of pyridine rings is 1. The van der Waals surface area contributed by atoms with E-state index in [-0.39, 0.29) is 24.5 Å². The number of aromatic nitrogens is 1. The summed E-state index contributed by atoms with van der Waals surface area (Å²) in [6.07, 6.45) is 1.11. The summed E-state index contributed by atoms with van der Waals surface area (Å²) in [7, 11) is -0.850. The van der Waals surface area contributed by atoms with Crippen molar-refractivity contribution >= 4 is 27.8 Å². The number of anilines is 2. The first kappa shape index (κ1) is 22.7. The van der Waals surface area contributed by atoms with Crippen LogP contribution in [0.2, 0.25) is 0 Å². The van der Waals surface area contributed by atoms with Crippen LogP contribution in [0.25, 0.3) is 0 Å². The SMILES string of the molecule is COCCN(CC1CC1C)c1cc(C(=O)O)cc(N(C)S(=O)(=O)N2CCOCC2)n1. The summed E-state index contributed by atoms with van der Waals surface area (Å²) in [5.74, 6) is 0.494. The average molecular weight is 443 g/mol. The van der Waals surface area contributed by atoms with E-state index in [1.54, 1.807) is 7.11 Å². The zero-order valence-corrected chi connectivity index (χ0v) is 18.5. The van der Waals surface area contributed by atoms with Crippen LogP contribution in [0, 0.1) is 11.8 Å². The molecule has 0 spiro atoms. The van der Waals surface area contributed by atoms with Gasteiger partial charge in [-0.3, -0.25) is 0 Å². The quantitative estimate of drug-likeness (QED) is 0.569. The number of carboxylic acids is 1. The summed E-state index contributed by atoms with van der Waals surface area (Å²) >= 11 is 0. The van der Waals surface area contributed by atoms with Crippen LogP contribution < -0.4 is 9.21 Å². The fourth-order valence-electron chi connectivity index (χ4n) is 3.45. The first-order valence-corrected chi connectivity index (χ1v) is 11.4. The molecule has 0 aromatic carbocycles. The van der Waals surface area contributed by atoms with E-state index in [1.807, 2.05) is 4.90 Å². The van der Waals surface area contributed by atoms with Crippen LogP contribution >= 0.6 is 0 Å². The Bertz CT molecular complexity index is 859. The second kappa shape index (κ2) is 9.46. The van der Waals surface area contributed by atoms with Gasteiger partial charge < -0.3 is 19.5 Å². The topological polar surface area (TPSA) is 113 Å². The first-order chi connectivity index (χ1) is 14.2. The molecule has 1 saturated carbocycles. The number of ether oxygens (including phenoxy) is 2. The van der Waals surface area contributed by atoms with E-state index >= 15 is 0 Å². The number of carboxylic acid groups (broad SMARTS) is 1. The Kier molecular flexibility index (Phi) is 7.17. The predicted octanol–water partition coefficient (Wildman–Crippen LogP) is 0.902. The van der Waals surface area contributed by atoms with Crippen LogP contribution in [0.4, 0.5) is 11.6 Å². The van der Waals surface area contributed by atoms with E-state index in [4.69, 9.17) is 9.47 Å². The highest BCUT2D eigenvalue weighted by molar-refractivity contribution is 7.90. The molecule has 1 aromatic heterocycles. The van der Waals surface area contributed by atoms with Crippen LogP contribution in [0.15, 0.2) is 12.1 Å².